The van der Waals surface area contributed by atoms with Crippen LogP contribution < -0.4 is 5.32 Å². The van der Waals surface area contributed by atoms with Crippen molar-refractivity contribution in [1.82, 2.24) is 9.36 Å². The Balaban J connectivity index is 1.49. The van der Waals surface area contributed by atoms with Crippen LogP contribution in [0.25, 0.3) is 0 Å². The predicted molar refractivity (Wildman–Crippen MR) is 63.9 cm³/mol. The Labute approximate surface area is 99.6 Å². The highest BCUT2D eigenvalue weighted by Gasteiger charge is 2.27. The molecule has 2 fully saturated rings. The molecule has 16 heavy (non-hydrogen) atoms. The number of nitrogens with zero attached hydrogens (tertiary/aromatic N) is 2. The van der Waals surface area contributed by atoms with Gasteiger partial charge in [0, 0.05) is 37.2 Å². The van der Waals surface area contributed by atoms with Gasteiger partial charge >= 0.3 is 0 Å². The summed E-state index contributed by atoms with van der Waals surface area (Å²) in [5.41, 5.74) is 0. The molecular weight excluding hydrogens is 222 g/mol. The van der Waals surface area contributed by atoms with Crippen molar-refractivity contribution >= 4 is 16.7 Å². The normalized spacial score (nSPS) is 22.2. The van der Waals surface area contributed by atoms with E-state index in [9.17, 15) is 0 Å². The Morgan fingerprint density at radius 2 is 2.06 bits per heavy atom. The van der Waals surface area contributed by atoms with E-state index in [0.717, 1.165) is 36.6 Å². The second-order valence-corrected chi connectivity index (χ2v) is 5.42. The number of ether oxygens (including phenoxy) is 1. The van der Waals surface area contributed by atoms with E-state index in [1.165, 1.54) is 37.2 Å². The highest BCUT2D eigenvalue weighted by Crippen LogP contribution is 2.39. The van der Waals surface area contributed by atoms with Crippen LogP contribution in [0.2, 0.25) is 0 Å². The van der Waals surface area contributed by atoms with Crippen LogP contribution in [0, 0.1) is 5.92 Å². The summed E-state index contributed by atoms with van der Waals surface area (Å²) in [6, 6.07) is 0. The molecule has 1 aromatic heterocycles. The molecule has 88 valence electrons. The first kappa shape index (κ1) is 10.5. The Morgan fingerprint density at radius 3 is 2.81 bits per heavy atom. The average molecular weight is 239 g/mol. The summed E-state index contributed by atoms with van der Waals surface area (Å²) >= 11 is 1.50. The van der Waals surface area contributed by atoms with Crippen LogP contribution in [0.5, 0.6) is 0 Å². The first-order valence-electron chi connectivity index (χ1n) is 6.07. The first-order chi connectivity index (χ1) is 7.92. The summed E-state index contributed by atoms with van der Waals surface area (Å²) in [5, 5.41) is 4.40. The number of nitrogens with one attached hydrogen (secondary N) is 1. The highest BCUT2D eigenvalue weighted by atomic mass is 32.1. The zero-order chi connectivity index (χ0) is 10.8. The number of hydrogen-bond donors (Lipinski definition) is 1. The molecule has 0 radical (unpaired) electrons. The van der Waals surface area contributed by atoms with Crippen LogP contribution in [0.3, 0.4) is 0 Å². The lowest BCUT2D eigenvalue weighted by Crippen LogP contribution is -2.22. The molecular formula is C11H17N3OS. The van der Waals surface area contributed by atoms with Gasteiger partial charge in [-0.25, -0.2) is 4.98 Å². The number of anilines is 1. The fourth-order valence-electron chi connectivity index (χ4n) is 2.00. The molecule has 0 atom stereocenters. The van der Waals surface area contributed by atoms with Crippen LogP contribution in [0.15, 0.2) is 0 Å². The Morgan fingerprint density at radius 1 is 1.25 bits per heavy atom. The fourth-order valence-corrected chi connectivity index (χ4v) is 2.65. The molecule has 5 heteroatoms. The van der Waals surface area contributed by atoms with Crippen molar-refractivity contribution in [3.63, 3.8) is 0 Å². The van der Waals surface area contributed by atoms with Gasteiger partial charge in [-0.2, -0.15) is 4.37 Å². The van der Waals surface area contributed by atoms with E-state index >= 15 is 0 Å². The minimum atomic E-state index is 0.662. The SMILES string of the molecule is C1CC(CNc2nc(C3CC3)ns2)CCO1. The van der Waals surface area contributed by atoms with Crippen LogP contribution in [-0.2, 0) is 4.74 Å². The topological polar surface area (TPSA) is 47.0 Å². The summed E-state index contributed by atoms with van der Waals surface area (Å²) in [4.78, 5) is 4.52. The third-order valence-electron chi connectivity index (χ3n) is 3.27. The van der Waals surface area contributed by atoms with Crippen LogP contribution in [0.4, 0.5) is 5.13 Å². The van der Waals surface area contributed by atoms with Gasteiger partial charge in [0.2, 0.25) is 5.13 Å². The van der Waals surface area contributed by atoms with E-state index in [-0.39, 0.29) is 0 Å². The molecule has 0 spiro atoms. The zero-order valence-corrected chi connectivity index (χ0v) is 10.1. The minimum Gasteiger partial charge on any atom is -0.381 e. The third kappa shape index (κ3) is 2.52. The Hall–Kier alpha value is -0.680. The second-order valence-electron chi connectivity index (χ2n) is 4.67. The summed E-state index contributed by atoms with van der Waals surface area (Å²) in [5.74, 6) is 2.45. The van der Waals surface area contributed by atoms with Crippen molar-refractivity contribution in [2.24, 2.45) is 5.92 Å². The van der Waals surface area contributed by atoms with Gasteiger partial charge in [0.1, 0.15) is 5.82 Å². The molecule has 1 N–H and O–H groups in total. The van der Waals surface area contributed by atoms with Crippen molar-refractivity contribution in [2.45, 2.75) is 31.6 Å². The van der Waals surface area contributed by atoms with Crippen molar-refractivity contribution in [3.05, 3.63) is 5.82 Å². The Bertz CT molecular complexity index is 345. The van der Waals surface area contributed by atoms with Crippen LogP contribution in [-0.4, -0.2) is 29.1 Å². The van der Waals surface area contributed by atoms with E-state index in [1.54, 1.807) is 0 Å². The van der Waals surface area contributed by atoms with Gasteiger partial charge in [0.05, 0.1) is 0 Å². The zero-order valence-electron chi connectivity index (χ0n) is 9.32. The standard InChI is InChI=1S/C11H17N3OS/c1-2-9(1)10-13-11(16-14-10)12-7-8-3-5-15-6-4-8/h8-9H,1-7H2,(H,12,13,14). The van der Waals surface area contributed by atoms with Gasteiger partial charge in [0.25, 0.3) is 0 Å². The molecule has 4 nitrogen and oxygen atoms in total. The second kappa shape index (κ2) is 4.67. The van der Waals surface area contributed by atoms with Crippen molar-refractivity contribution < 1.29 is 4.74 Å². The molecule has 1 aromatic rings. The van der Waals surface area contributed by atoms with Gasteiger partial charge in [-0.1, -0.05) is 0 Å². The van der Waals surface area contributed by atoms with Crippen molar-refractivity contribution in [1.29, 1.82) is 0 Å². The lowest BCUT2D eigenvalue weighted by molar-refractivity contribution is 0.0699. The fraction of sp³-hybridized carbons (Fsp3) is 0.818. The van der Waals surface area contributed by atoms with Gasteiger partial charge in [-0.3, -0.25) is 0 Å². The molecule has 1 aliphatic carbocycles. The molecule has 3 rings (SSSR count). The maximum absolute atomic E-state index is 5.34. The number of hydrogen-bond acceptors (Lipinski definition) is 5. The monoisotopic (exact) mass is 239 g/mol. The third-order valence-corrected chi connectivity index (χ3v) is 3.95. The van der Waals surface area contributed by atoms with E-state index in [2.05, 4.69) is 14.7 Å². The molecule has 1 aliphatic heterocycles. The van der Waals surface area contributed by atoms with E-state index < -0.39 is 0 Å². The minimum absolute atomic E-state index is 0.662. The summed E-state index contributed by atoms with van der Waals surface area (Å²) in [6.45, 7) is 2.84. The van der Waals surface area contributed by atoms with Crippen LogP contribution >= 0.6 is 11.5 Å². The number of aromatic nitrogens is 2. The quantitative estimate of drug-likeness (QED) is 0.875. The predicted octanol–water partition coefficient (Wildman–Crippen LogP) is 2.25. The highest BCUT2D eigenvalue weighted by molar-refractivity contribution is 7.09. The largest absolute Gasteiger partial charge is 0.381 e. The lowest BCUT2D eigenvalue weighted by Gasteiger charge is -2.21. The van der Waals surface area contributed by atoms with Gasteiger partial charge in [-0.05, 0) is 31.6 Å². The molecule has 1 saturated heterocycles. The molecule has 0 bridgehead atoms. The summed E-state index contributed by atoms with van der Waals surface area (Å²) in [6.07, 6.45) is 4.88. The van der Waals surface area contributed by atoms with Gasteiger partial charge in [0.15, 0.2) is 0 Å². The van der Waals surface area contributed by atoms with Gasteiger partial charge in [-0.15, -0.1) is 0 Å². The maximum Gasteiger partial charge on any atom is 0.202 e. The molecule has 1 saturated carbocycles. The van der Waals surface area contributed by atoms with E-state index in [1.807, 2.05) is 0 Å². The lowest BCUT2D eigenvalue weighted by atomic mass is 10.0. The first-order valence-corrected chi connectivity index (χ1v) is 6.84. The van der Waals surface area contributed by atoms with E-state index in [0.29, 0.717) is 5.92 Å². The summed E-state index contributed by atoms with van der Waals surface area (Å²) < 4.78 is 9.73. The summed E-state index contributed by atoms with van der Waals surface area (Å²) in [7, 11) is 0. The smallest absolute Gasteiger partial charge is 0.202 e. The van der Waals surface area contributed by atoms with Crippen molar-refractivity contribution in [2.75, 3.05) is 25.1 Å². The van der Waals surface area contributed by atoms with Crippen LogP contribution in [0.1, 0.15) is 37.4 Å². The molecule has 0 amide bonds. The Kier molecular flexibility index (Phi) is 3.06. The average Bonchev–Trinajstić information content (AvgIpc) is 3.08. The van der Waals surface area contributed by atoms with Gasteiger partial charge < -0.3 is 10.1 Å². The maximum atomic E-state index is 5.34. The number of rotatable bonds is 4. The molecule has 2 aliphatic rings. The molecule has 0 aromatic carbocycles. The van der Waals surface area contributed by atoms with E-state index in [4.69, 9.17) is 4.74 Å². The molecule has 0 unspecified atom stereocenters. The molecule has 2 heterocycles. The van der Waals surface area contributed by atoms with Crippen molar-refractivity contribution in [3.8, 4) is 0 Å².